The smallest absolute Gasteiger partial charge is 0.347 e. The van der Waals surface area contributed by atoms with Crippen molar-refractivity contribution in [2.75, 3.05) is 18.6 Å². The van der Waals surface area contributed by atoms with Gasteiger partial charge in [-0.3, -0.25) is 9.20 Å². The number of thiazole rings is 1. The highest BCUT2D eigenvalue weighted by Gasteiger charge is 2.25. The van der Waals surface area contributed by atoms with Gasteiger partial charge in [-0.1, -0.05) is 24.7 Å². The Kier molecular flexibility index (Phi) is 4.15. The standard InChI is InChI=1S/C19H19N3O4S/c1-4-5-12-17(18(24)25)27-19-20-16(10(2)22(12)19)11-6-7-14-13(8-11)21(3)15(23)9-26-14/h6-8H,4-5,9H2,1-3H3,(H,24,25). The van der Waals surface area contributed by atoms with Crippen LogP contribution in [0.25, 0.3) is 16.2 Å². The second kappa shape index (κ2) is 6.38. The first kappa shape index (κ1) is 17.5. The van der Waals surface area contributed by atoms with Gasteiger partial charge in [-0.2, -0.15) is 0 Å². The lowest BCUT2D eigenvalue weighted by Crippen LogP contribution is -2.35. The normalized spacial score (nSPS) is 13.7. The fraction of sp³-hybridized carbons (Fsp3) is 0.316. The Labute approximate surface area is 159 Å². The van der Waals surface area contributed by atoms with E-state index in [0.717, 1.165) is 29.1 Å². The third-order valence-corrected chi connectivity index (χ3v) is 5.87. The Bertz CT molecular complexity index is 1080. The predicted molar refractivity (Wildman–Crippen MR) is 103 cm³/mol. The van der Waals surface area contributed by atoms with Gasteiger partial charge in [0.25, 0.3) is 5.91 Å². The van der Waals surface area contributed by atoms with E-state index < -0.39 is 5.97 Å². The van der Waals surface area contributed by atoms with E-state index in [9.17, 15) is 14.7 Å². The van der Waals surface area contributed by atoms with E-state index in [4.69, 9.17) is 9.72 Å². The van der Waals surface area contributed by atoms with Crippen molar-refractivity contribution < 1.29 is 19.4 Å². The molecule has 0 saturated carbocycles. The molecule has 4 rings (SSSR count). The summed E-state index contributed by atoms with van der Waals surface area (Å²) < 4.78 is 7.43. The molecule has 1 aliphatic rings. The van der Waals surface area contributed by atoms with Crippen molar-refractivity contribution in [3.63, 3.8) is 0 Å². The summed E-state index contributed by atoms with van der Waals surface area (Å²) in [5.74, 6) is -0.348. The number of likely N-dealkylation sites (N-methyl/N-ethyl adjacent to an activating group) is 1. The molecule has 1 aliphatic heterocycles. The van der Waals surface area contributed by atoms with Gasteiger partial charge in [-0.25, -0.2) is 9.78 Å². The van der Waals surface area contributed by atoms with Crippen molar-refractivity contribution >= 4 is 33.9 Å². The molecule has 3 heterocycles. The molecular weight excluding hydrogens is 366 g/mol. The van der Waals surface area contributed by atoms with E-state index in [0.29, 0.717) is 27.7 Å². The van der Waals surface area contributed by atoms with Crippen LogP contribution >= 0.6 is 11.3 Å². The molecule has 3 aromatic rings. The second-order valence-electron chi connectivity index (χ2n) is 6.52. The molecule has 0 unspecified atom stereocenters. The van der Waals surface area contributed by atoms with Gasteiger partial charge in [0.2, 0.25) is 0 Å². The molecule has 1 N–H and O–H groups in total. The van der Waals surface area contributed by atoms with Gasteiger partial charge in [-0.05, 0) is 31.5 Å². The van der Waals surface area contributed by atoms with Crippen molar-refractivity contribution in [3.05, 3.63) is 34.5 Å². The number of hydrogen-bond acceptors (Lipinski definition) is 5. The highest BCUT2D eigenvalue weighted by atomic mass is 32.1. The molecule has 0 fully saturated rings. The molecule has 8 heteroatoms. The largest absolute Gasteiger partial charge is 0.482 e. The first-order chi connectivity index (χ1) is 12.9. The molecule has 0 aliphatic carbocycles. The molecule has 0 saturated heterocycles. The molecule has 1 amide bonds. The van der Waals surface area contributed by atoms with Gasteiger partial charge in [0.05, 0.1) is 11.4 Å². The van der Waals surface area contributed by atoms with Crippen LogP contribution in [0.3, 0.4) is 0 Å². The Hall–Kier alpha value is -2.87. The van der Waals surface area contributed by atoms with Gasteiger partial charge < -0.3 is 14.7 Å². The molecule has 140 valence electrons. The fourth-order valence-electron chi connectivity index (χ4n) is 3.44. The number of carbonyl (C=O) groups is 2. The molecule has 0 bridgehead atoms. The Morgan fingerprint density at radius 2 is 2.19 bits per heavy atom. The molecule has 0 atom stereocenters. The van der Waals surface area contributed by atoms with Crippen LogP contribution in [0.2, 0.25) is 0 Å². The summed E-state index contributed by atoms with van der Waals surface area (Å²) in [5.41, 5.74) is 4.04. The lowest BCUT2D eigenvalue weighted by Gasteiger charge is -2.26. The summed E-state index contributed by atoms with van der Waals surface area (Å²) >= 11 is 1.19. The maximum Gasteiger partial charge on any atom is 0.347 e. The topological polar surface area (TPSA) is 84.1 Å². The third-order valence-electron chi connectivity index (χ3n) is 4.80. The van der Waals surface area contributed by atoms with Crippen molar-refractivity contribution in [3.8, 4) is 17.0 Å². The average Bonchev–Trinajstić information content (AvgIpc) is 3.16. The Morgan fingerprint density at radius 3 is 2.89 bits per heavy atom. The number of amides is 1. The maximum atomic E-state index is 11.9. The van der Waals surface area contributed by atoms with Gasteiger partial charge in [0.1, 0.15) is 10.6 Å². The number of hydrogen-bond donors (Lipinski definition) is 1. The van der Waals surface area contributed by atoms with Crippen molar-refractivity contribution in [2.24, 2.45) is 0 Å². The minimum absolute atomic E-state index is 0.0421. The van der Waals surface area contributed by atoms with Crippen LogP contribution in [0.5, 0.6) is 5.75 Å². The van der Waals surface area contributed by atoms with Gasteiger partial charge in [0, 0.05) is 24.0 Å². The summed E-state index contributed by atoms with van der Waals surface area (Å²) in [4.78, 5) is 30.8. The summed E-state index contributed by atoms with van der Waals surface area (Å²) in [7, 11) is 1.73. The summed E-state index contributed by atoms with van der Waals surface area (Å²) in [6.07, 6.45) is 1.52. The number of carbonyl (C=O) groups excluding carboxylic acids is 1. The van der Waals surface area contributed by atoms with Crippen LogP contribution in [0, 0.1) is 6.92 Å². The minimum Gasteiger partial charge on any atom is -0.482 e. The average molecular weight is 385 g/mol. The van der Waals surface area contributed by atoms with Crippen LogP contribution in [-0.2, 0) is 11.2 Å². The van der Waals surface area contributed by atoms with Crippen LogP contribution in [0.15, 0.2) is 18.2 Å². The number of nitrogens with zero attached hydrogens (tertiary/aromatic N) is 3. The van der Waals surface area contributed by atoms with Gasteiger partial charge >= 0.3 is 5.97 Å². The number of aromatic nitrogens is 2. The zero-order valence-corrected chi connectivity index (χ0v) is 16.1. The number of carboxylic acid groups (broad SMARTS) is 1. The monoisotopic (exact) mass is 385 g/mol. The summed E-state index contributed by atoms with van der Waals surface area (Å²) in [6.45, 7) is 4.01. The summed E-state index contributed by atoms with van der Waals surface area (Å²) in [5, 5.41) is 9.49. The summed E-state index contributed by atoms with van der Waals surface area (Å²) in [6, 6.07) is 5.65. The first-order valence-electron chi connectivity index (χ1n) is 8.70. The van der Waals surface area contributed by atoms with Crippen molar-refractivity contribution in [1.82, 2.24) is 9.38 Å². The van der Waals surface area contributed by atoms with Crippen LogP contribution in [0.4, 0.5) is 5.69 Å². The number of carboxylic acids is 1. The van der Waals surface area contributed by atoms with Gasteiger partial charge in [0.15, 0.2) is 11.6 Å². The van der Waals surface area contributed by atoms with Gasteiger partial charge in [-0.15, -0.1) is 0 Å². The number of fused-ring (bicyclic) bond motifs is 2. The number of ether oxygens (including phenoxy) is 1. The molecule has 7 nitrogen and oxygen atoms in total. The van der Waals surface area contributed by atoms with Crippen LogP contribution in [-0.4, -0.2) is 40.0 Å². The Morgan fingerprint density at radius 1 is 1.41 bits per heavy atom. The third kappa shape index (κ3) is 2.68. The fourth-order valence-corrected chi connectivity index (χ4v) is 4.49. The van der Waals surface area contributed by atoms with Crippen molar-refractivity contribution in [2.45, 2.75) is 26.7 Å². The maximum absolute atomic E-state index is 11.9. The Balaban J connectivity index is 1.87. The van der Waals surface area contributed by atoms with E-state index >= 15 is 0 Å². The number of imidazole rings is 1. The number of benzene rings is 1. The van der Waals surface area contributed by atoms with Crippen LogP contribution in [0.1, 0.15) is 34.4 Å². The minimum atomic E-state index is -0.916. The van der Waals surface area contributed by atoms with E-state index in [1.165, 1.54) is 11.3 Å². The van der Waals surface area contributed by atoms with E-state index in [1.807, 2.05) is 36.4 Å². The SMILES string of the molecule is CCCc1c(C(=O)O)sc2nc(-c3ccc4c(c3)N(C)C(=O)CO4)c(C)n12. The zero-order valence-electron chi connectivity index (χ0n) is 15.3. The first-order valence-corrected chi connectivity index (χ1v) is 9.51. The molecule has 2 aromatic heterocycles. The van der Waals surface area contributed by atoms with E-state index in [-0.39, 0.29) is 12.5 Å². The highest BCUT2D eigenvalue weighted by Crippen LogP contribution is 2.37. The number of aromatic carboxylic acids is 1. The number of rotatable bonds is 4. The highest BCUT2D eigenvalue weighted by molar-refractivity contribution is 7.19. The molecule has 0 spiro atoms. The molecule has 1 aromatic carbocycles. The number of aryl methyl sites for hydroxylation is 2. The second-order valence-corrected chi connectivity index (χ2v) is 7.50. The van der Waals surface area contributed by atoms with Crippen molar-refractivity contribution in [1.29, 1.82) is 0 Å². The molecule has 0 radical (unpaired) electrons. The lowest BCUT2D eigenvalue weighted by atomic mass is 10.1. The number of anilines is 1. The van der Waals surface area contributed by atoms with E-state index in [1.54, 1.807) is 11.9 Å². The van der Waals surface area contributed by atoms with Crippen LogP contribution < -0.4 is 9.64 Å². The molecule has 27 heavy (non-hydrogen) atoms. The lowest BCUT2D eigenvalue weighted by molar-refractivity contribution is -0.120. The zero-order chi connectivity index (χ0) is 19.3. The quantitative estimate of drug-likeness (QED) is 0.744. The molecular formula is C19H19N3O4S. The predicted octanol–water partition coefficient (Wildman–Crippen LogP) is 3.38. The van der Waals surface area contributed by atoms with E-state index in [2.05, 4.69) is 0 Å².